The van der Waals surface area contributed by atoms with Gasteiger partial charge in [0.2, 0.25) is 5.91 Å². The van der Waals surface area contributed by atoms with Gasteiger partial charge in [-0.25, -0.2) is 0 Å². The zero-order chi connectivity index (χ0) is 21.1. The molecule has 0 unspecified atom stereocenters. The van der Waals surface area contributed by atoms with Crippen LogP contribution in [0, 0.1) is 12.8 Å². The fourth-order valence-corrected chi connectivity index (χ4v) is 4.50. The molecule has 1 saturated heterocycles. The van der Waals surface area contributed by atoms with Gasteiger partial charge < -0.3 is 15.4 Å². The van der Waals surface area contributed by atoms with Gasteiger partial charge in [0.1, 0.15) is 5.60 Å². The maximum absolute atomic E-state index is 13.0. The van der Waals surface area contributed by atoms with E-state index in [-0.39, 0.29) is 24.2 Å². The van der Waals surface area contributed by atoms with Crippen molar-refractivity contribution in [2.45, 2.75) is 51.0 Å². The quantitative estimate of drug-likeness (QED) is 0.735. The van der Waals surface area contributed by atoms with E-state index in [9.17, 15) is 14.4 Å². The molecule has 2 N–H and O–H groups in total. The summed E-state index contributed by atoms with van der Waals surface area (Å²) in [6.07, 6.45) is 4.60. The van der Waals surface area contributed by atoms with Crippen LogP contribution in [-0.2, 0) is 14.3 Å². The van der Waals surface area contributed by atoms with Crippen molar-refractivity contribution >= 4 is 29.2 Å². The summed E-state index contributed by atoms with van der Waals surface area (Å²) in [6.45, 7) is 1.93. The number of benzene rings is 2. The van der Waals surface area contributed by atoms with Gasteiger partial charge >= 0.3 is 5.97 Å². The van der Waals surface area contributed by atoms with Gasteiger partial charge in [0, 0.05) is 16.9 Å². The number of hydrogen-bond acceptors (Lipinski definition) is 4. The molecule has 2 fully saturated rings. The first-order valence-electron chi connectivity index (χ1n) is 10.5. The van der Waals surface area contributed by atoms with Crippen LogP contribution in [0.1, 0.15) is 54.4 Å². The average molecular weight is 406 g/mol. The number of aryl methyl sites for hydroxylation is 1. The van der Waals surface area contributed by atoms with Crippen molar-refractivity contribution < 1.29 is 19.1 Å². The molecule has 0 radical (unpaired) electrons. The van der Waals surface area contributed by atoms with Crippen molar-refractivity contribution in [3.05, 3.63) is 59.7 Å². The monoisotopic (exact) mass is 406 g/mol. The first-order chi connectivity index (χ1) is 14.5. The van der Waals surface area contributed by atoms with E-state index in [1.54, 1.807) is 24.3 Å². The molecule has 0 aromatic heterocycles. The normalized spacial score (nSPS) is 19.9. The minimum absolute atomic E-state index is 0.110. The Bertz CT molecular complexity index is 979. The number of carbonyl (C=O) groups is 3. The molecule has 2 aromatic carbocycles. The second-order valence-electron chi connectivity index (χ2n) is 8.20. The minimum atomic E-state index is -0.667. The van der Waals surface area contributed by atoms with Gasteiger partial charge in [-0.15, -0.1) is 0 Å². The zero-order valence-corrected chi connectivity index (χ0v) is 17.1. The highest BCUT2D eigenvalue weighted by Gasteiger charge is 2.52. The molecule has 1 spiro atoms. The lowest BCUT2D eigenvalue weighted by Crippen LogP contribution is -2.43. The largest absolute Gasteiger partial charge is 0.458 e. The molecular formula is C24H26N2O4. The number of ether oxygens (including phenoxy) is 1. The van der Waals surface area contributed by atoms with E-state index in [2.05, 4.69) is 10.6 Å². The maximum Gasteiger partial charge on any atom is 0.307 e. The third-order valence-corrected chi connectivity index (χ3v) is 6.12. The second kappa shape index (κ2) is 8.30. The average Bonchev–Trinajstić information content (AvgIpc) is 3.05. The van der Waals surface area contributed by atoms with Crippen LogP contribution in [0.15, 0.2) is 48.5 Å². The topological polar surface area (TPSA) is 84.5 Å². The zero-order valence-electron chi connectivity index (χ0n) is 17.1. The maximum atomic E-state index is 13.0. The van der Waals surface area contributed by atoms with Crippen LogP contribution in [0.5, 0.6) is 0 Å². The lowest BCUT2D eigenvalue weighted by molar-refractivity contribution is -0.153. The summed E-state index contributed by atoms with van der Waals surface area (Å²) < 4.78 is 5.64. The lowest BCUT2D eigenvalue weighted by atomic mass is 9.75. The summed E-state index contributed by atoms with van der Waals surface area (Å²) in [7, 11) is 0. The molecule has 30 heavy (non-hydrogen) atoms. The highest BCUT2D eigenvalue weighted by molar-refractivity contribution is 6.06. The number of para-hydroxylation sites is 1. The fraction of sp³-hybridized carbons (Fsp3) is 0.375. The molecule has 1 saturated carbocycles. The number of esters is 1. The van der Waals surface area contributed by atoms with Crippen LogP contribution >= 0.6 is 0 Å². The van der Waals surface area contributed by atoms with E-state index in [4.69, 9.17) is 4.74 Å². The Morgan fingerprint density at radius 3 is 2.53 bits per heavy atom. The van der Waals surface area contributed by atoms with Crippen LogP contribution in [0.25, 0.3) is 0 Å². The number of carbonyl (C=O) groups excluding carboxylic acids is 3. The summed E-state index contributed by atoms with van der Waals surface area (Å²) in [5, 5.41) is 5.79. The van der Waals surface area contributed by atoms with Crippen molar-refractivity contribution in [1.82, 2.24) is 0 Å². The van der Waals surface area contributed by atoms with E-state index in [1.807, 2.05) is 31.2 Å². The van der Waals surface area contributed by atoms with Gasteiger partial charge in [-0.2, -0.15) is 0 Å². The smallest absolute Gasteiger partial charge is 0.307 e. The van der Waals surface area contributed by atoms with Crippen molar-refractivity contribution in [2.24, 2.45) is 5.92 Å². The van der Waals surface area contributed by atoms with Crippen molar-refractivity contribution in [1.29, 1.82) is 0 Å². The molecule has 1 aliphatic heterocycles. The Labute approximate surface area is 176 Å². The molecule has 1 heterocycles. The number of rotatable bonds is 4. The summed E-state index contributed by atoms with van der Waals surface area (Å²) in [6, 6.07) is 14.4. The van der Waals surface area contributed by atoms with Gasteiger partial charge in [-0.1, -0.05) is 30.7 Å². The molecule has 1 atom stereocenters. The molecule has 6 nitrogen and oxygen atoms in total. The van der Waals surface area contributed by atoms with Gasteiger partial charge in [-0.05, 0) is 62.4 Å². The van der Waals surface area contributed by atoms with Crippen LogP contribution < -0.4 is 10.6 Å². The van der Waals surface area contributed by atoms with Crippen molar-refractivity contribution in [2.75, 3.05) is 10.6 Å². The first kappa shape index (κ1) is 20.1. The number of hydrogen-bond donors (Lipinski definition) is 2. The Morgan fingerprint density at radius 2 is 1.77 bits per heavy atom. The molecular weight excluding hydrogens is 380 g/mol. The summed E-state index contributed by atoms with van der Waals surface area (Å²) in [4.78, 5) is 37.6. The fourth-order valence-electron chi connectivity index (χ4n) is 4.50. The van der Waals surface area contributed by atoms with Gasteiger partial charge in [0.05, 0.1) is 12.3 Å². The molecule has 6 heteroatoms. The molecule has 0 bridgehead atoms. The third-order valence-electron chi connectivity index (χ3n) is 6.12. The van der Waals surface area contributed by atoms with E-state index < -0.39 is 11.5 Å². The SMILES string of the molecule is Cc1ccccc1NC(=O)c1cccc(NC(=O)[C@H]2CC(=O)OC23CCCCC3)c1. The molecule has 2 aliphatic rings. The third kappa shape index (κ3) is 4.08. The predicted octanol–water partition coefficient (Wildman–Crippen LogP) is 4.45. The molecule has 156 valence electrons. The Balaban J connectivity index is 1.47. The Kier molecular flexibility index (Phi) is 5.57. The number of nitrogens with one attached hydrogen (secondary N) is 2. The van der Waals surface area contributed by atoms with Crippen molar-refractivity contribution in [3.63, 3.8) is 0 Å². The van der Waals surface area contributed by atoms with E-state index >= 15 is 0 Å². The van der Waals surface area contributed by atoms with Gasteiger partial charge in [-0.3, -0.25) is 14.4 Å². The molecule has 1 aliphatic carbocycles. The van der Waals surface area contributed by atoms with Crippen molar-refractivity contribution in [3.8, 4) is 0 Å². The molecule has 2 amide bonds. The second-order valence-corrected chi connectivity index (χ2v) is 8.20. The van der Waals surface area contributed by atoms with Gasteiger partial charge in [0.15, 0.2) is 0 Å². The van der Waals surface area contributed by atoms with Crippen LogP contribution in [0.3, 0.4) is 0 Å². The van der Waals surface area contributed by atoms with Crippen LogP contribution in [0.4, 0.5) is 11.4 Å². The molecule has 2 aromatic rings. The minimum Gasteiger partial charge on any atom is -0.458 e. The molecule has 4 rings (SSSR count). The van der Waals surface area contributed by atoms with Gasteiger partial charge in [0.25, 0.3) is 5.91 Å². The lowest BCUT2D eigenvalue weighted by Gasteiger charge is -2.36. The standard InChI is InChI=1S/C24H26N2O4/c1-16-8-3-4-11-20(16)26-22(28)17-9-7-10-18(14-17)25-23(29)19-15-21(27)30-24(19)12-5-2-6-13-24/h3-4,7-11,14,19H,2,5-6,12-13,15H2,1H3,(H,25,29)(H,26,28)/t19-/m1/s1. The highest BCUT2D eigenvalue weighted by Crippen LogP contribution is 2.44. The number of anilines is 2. The Morgan fingerprint density at radius 1 is 1.00 bits per heavy atom. The van der Waals surface area contributed by atoms with E-state index in [0.29, 0.717) is 11.3 Å². The Hall–Kier alpha value is -3.15. The number of amides is 2. The predicted molar refractivity (Wildman–Crippen MR) is 114 cm³/mol. The van der Waals surface area contributed by atoms with E-state index in [1.165, 1.54) is 0 Å². The van der Waals surface area contributed by atoms with Crippen LogP contribution in [-0.4, -0.2) is 23.4 Å². The summed E-state index contributed by atoms with van der Waals surface area (Å²) >= 11 is 0. The van der Waals surface area contributed by atoms with E-state index in [0.717, 1.165) is 43.4 Å². The highest BCUT2D eigenvalue weighted by atomic mass is 16.6. The first-order valence-corrected chi connectivity index (χ1v) is 10.5. The van der Waals surface area contributed by atoms with Crippen LogP contribution in [0.2, 0.25) is 0 Å². The summed E-state index contributed by atoms with van der Waals surface area (Å²) in [5.74, 6) is -1.26. The summed E-state index contributed by atoms with van der Waals surface area (Å²) in [5.41, 5.74) is 2.03.